The molecule has 5 aromatic rings. The van der Waals surface area contributed by atoms with Gasteiger partial charge >= 0.3 is 5.97 Å². The van der Waals surface area contributed by atoms with Crippen molar-refractivity contribution < 1.29 is 13.9 Å². The fraction of sp³-hybridized carbons (Fsp3) is 0.100. The summed E-state index contributed by atoms with van der Waals surface area (Å²) in [5.74, 6) is -0.397. The summed E-state index contributed by atoms with van der Waals surface area (Å²) in [6.45, 7) is 0. The molecule has 2 aromatic carbocycles. The highest BCUT2D eigenvalue weighted by Crippen LogP contribution is 2.27. The van der Waals surface area contributed by atoms with Crippen molar-refractivity contribution in [2.75, 3.05) is 7.11 Å². The summed E-state index contributed by atoms with van der Waals surface area (Å²) >= 11 is 6.29. The minimum atomic E-state index is -0.497. The predicted octanol–water partition coefficient (Wildman–Crippen LogP) is 3.03. The summed E-state index contributed by atoms with van der Waals surface area (Å²) in [4.78, 5) is 16.3. The number of ether oxygens (including phenoxy) is 1. The molecular weight excluding hydrogens is 425 g/mol. The van der Waals surface area contributed by atoms with E-state index >= 15 is 0 Å². The number of methoxy groups -OCH3 is 1. The van der Waals surface area contributed by atoms with E-state index in [9.17, 15) is 9.18 Å². The van der Waals surface area contributed by atoms with Crippen LogP contribution in [-0.4, -0.2) is 47.7 Å². The highest BCUT2D eigenvalue weighted by molar-refractivity contribution is 6.33. The van der Waals surface area contributed by atoms with Gasteiger partial charge in [0, 0.05) is 5.56 Å². The summed E-state index contributed by atoms with van der Waals surface area (Å²) in [7, 11) is 1.28. The molecule has 0 amide bonds. The monoisotopic (exact) mass is 437 g/mol. The van der Waals surface area contributed by atoms with Crippen LogP contribution in [0.15, 0.2) is 48.5 Å². The van der Waals surface area contributed by atoms with Gasteiger partial charge in [0.05, 0.1) is 24.2 Å². The van der Waals surface area contributed by atoms with Crippen LogP contribution in [0.25, 0.3) is 34.0 Å². The van der Waals surface area contributed by atoms with Crippen molar-refractivity contribution in [3.8, 4) is 17.1 Å². The second-order valence-electron chi connectivity index (χ2n) is 6.59. The van der Waals surface area contributed by atoms with Crippen LogP contribution in [0.3, 0.4) is 0 Å². The van der Waals surface area contributed by atoms with E-state index in [2.05, 4.69) is 25.4 Å². The van der Waals surface area contributed by atoms with Crippen molar-refractivity contribution in [3.05, 3.63) is 65.1 Å². The molecule has 0 saturated heterocycles. The quantitative estimate of drug-likeness (QED) is 0.398. The molecule has 3 aromatic heterocycles. The molecule has 0 aliphatic heterocycles. The average Bonchev–Trinajstić information content (AvgIpc) is 3.35. The highest BCUT2D eigenvalue weighted by Gasteiger charge is 2.22. The predicted molar refractivity (Wildman–Crippen MR) is 109 cm³/mol. The SMILES string of the molecule is COC(=O)Cc1nn(-c2cccc(F)c2)c2c1nnc1nc(-c3ccccc3Cl)nn12. The van der Waals surface area contributed by atoms with Crippen LogP contribution in [0.5, 0.6) is 0 Å². The Hall–Kier alpha value is -3.92. The van der Waals surface area contributed by atoms with Gasteiger partial charge in [0.25, 0.3) is 5.78 Å². The number of halogens is 2. The van der Waals surface area contributed by atoms with Gasteiger partial charge in [-0.25, -0.2) is 9.07 Å². The lowest BCUT2D eigenvalue weighted by Gasteiger charge is -2.03. The second kappa shape index (κ2) is 7.40. The number of benzene rings is 2. The molecule has 0 bridgehead atoms. The first-order valence-corrected chi connectivity index (χ1v) is 9.51. The molecule has 0 fully saturated rings. The first-order valence-electron chi connectivity index (χ1n) is 9.14. The van der Waals surface area contributed by atoms with Gasteiger partial charge in [-0.3, -0.25) is 4.79 Å². The lowest BCUT2D eigenvalue weighted by Crippen LogP contribution is -2.06. The van der Waals surface area contributed by atoms with Gasteiger partial charge < -0.3 is 4.74 Å². The Morgan fingerprint density at radius 2 is 1.97 bits per heavy atom. The van der Waals surface area contributed by atoms with Crippen molar-refractivity contribution in [1.29, 1.82) is 0 Å². The molecule has 0 atom stereocenters. The zero-order chi connectivity index (χ0) is 21.5. The van der Waals surface area contributed by atoms with Gasteiger partial charge in [-0.1, -0.05) is 29.8 Å². The normalized spacial score (nSPS) is 11.3. The summed E-state index contributed by atoms with van der Waals surface area (Å²) in [6, 6.07) is 13.0. The maximum absolute atomic E-state index is 13.9. The number of carbonyl (C=O) groups excluding carboxylic acids is 1. The van der Waals surface area contributed by atoms with Crippen LogP contribution in [0.4, 0.5) is 4.39 Å². The molecule has 3 heterocycles. The van der Waals surface area contributed by atoms with Crippen LogP contribution < -0.4 is 0 Å². The summed E-state index contributed by atoms with van der Waals surface area (Å²) < 4.78 is 21.6. The molecule has 0 N–H and O–H groups in total. The van der Waals surface area contributed by atoms with Crippen LogP contribution >= 0.6 is 11.6 Å². The first-order chi connectivity index (χ1) is 15.0. The number of fused-ring (bicyclic) bond motifs is 3. The third-order valence-electron chi connectivity index (χ3n) is 4.64. The van der Waals surface area contributed by atoms with Crippen molar-refractivity contribution >= 4 is 34.5 Å². The van der Waals surface area contributed by atoms with E-state index < -0.39 is 11.8 Å². The molecule has 0 saturated carbocycles. The fourth-order valence-electron chi connectivity index (χ4n) is 3.22. The maximum Gasteiger partial charge on any atom is 0.311 e. The van der Waals surface area contributed by atoms with E-state index in [1.54, 1.807) is 30.3 Å². The van der Waals surface area contributed by atoms with Crippen LogP contribution in [0.2, 0.25) is 5.02 Å². The Morgan fingerprint density at radius 1 is 1.13 bits per heavy atom. The molecule has 31 heavy (non-hydrogen) atoms. The van der Waals surface area contributed by atoms with E-state index in [0.29, 0.717) is 39.0 Å². The fourth-order valence-corrected chi connectivity index (χ4v) is 3.44. The number of hydrogen-bond acceptors (Lipinski definition) is 7. The molecule has 5 rings (SSSR count). The number of rotatable bonds is 4. The van der Waals surface area contributed by atoms with Gasteiger partial charge in [-0.15, -0.1) is 15.3 Å². The number of nitrogens with zero attached hydrogens (tertiary/aromatic N) is 7. The van der Waals surface area contributed by atoms with E-state index in [1.807, 2.05) is 6.07 Å². The molecule has 0 radical (unpaired) electrons. The summed E-state index contributed by atoms with van der Waals surface area (Å²) in [6.07, 6.45) is -0.137. The van der Waals surface area contributed by atoms with Crippen molar-refractivity contribution in [2.24, 2.45) is 0 Å². The number of carbonyl (C=O) groups is 1. The third-order valence-corrected chi connectivity index (χ3v) is 4.97. The van der Waals surface area contributed by atoms with Gasteiger partial charge in [-0.2, -0.15) is 14.6 Å². The molecule has 11 heteroatoms. The third kappa shape index (κ3) is 3.26. The molecule has 0 spiro atoms. The van der Waals surface area contributed by atoms with E-state index in [1.165, 1.54) is 28.4 Å². The maximum atomic E-state index is 13.9. The molecule has 0 aliphatic carbocycles. The van der Waals surface area contributed by atoms with Gasteiger partial charge in [0.1, 0.15) is 11.5 Å². The summed E-state index contributed by atoms with van der Waals surface area (Å²) in [5.41, 5.74) is 2.05. The van der Waals surface area contributed by atoms with E-state index in [4.69, 9.17) is 16.3 Å². The van der Waals surface area contributed by atoms with Crippen molar-refractivity contribution in [3.63, 3.8) is 0 Å². The Balaban J connectivity index is 1.80. The van der Waals surface area contributed by atoms with E-state index in [0.717, 1.165) is 0 Å². The topological polar surface area (TPSA) is 100 Å². The number of hydrogen-bond donors (Lipinski definition) is 0. The molecular formula is C20H13ClFN7O2. The minimum Gasteiger partial charge on any atom is -0.469 e. The lowest BCUT2D eigenvalue weighted by atomic mass is 10.2. The largest absolute Gasteiger partial charge is 0.469 e. The molecule has 0 unspecified atom stereocenters. The average molecular weight is 438 g/mol. The first kappa shape index (κ1) is 19.1. The van der Waals surface area contributed by atoms with Gasteiger partial charge in [0.15, 0.2) is 17.0 Å². The van der Waals surface area contributed by atoms with Crippen LogP contribution in [0, 0.1) is 5.82 Å². The van der Waals surface area contributed by atoms with Crippen LogP contribution in [0.1, 0.15) is 5.69 Å². The molecule has 154 valence electrons. The van der Waals surface area contributed by atoms with Gasteiger partial charge in [0.2, 0.25) is 0 Å². The Bertz CT molecular complexity index is 1460. The number of aromatic nitrogens is 7. The Labute approximate surface area is 179 Å². The van der Waals surface area contributed by atoms with Gasteiger partial charge in [-0.05, 0) is 30.3 Å². The van der Waals surface area contributed by atoms with Crippen LogP contribution in [-0.2, 0) is 16.0 Å². The Morgan fingerprint density at radius 3 is 2.74 bits per heavy atom. The Kier molecular flexibility index (Phi) is 4.55. The van der Waals surface area contributed by atoms with Crippen molar-refractivity contribution in [1.82, 2.24) is 34.6 Å². The zero-order valence-electron chi connectivity index (χ0n) is 16.0. The highest BCUT2D eigenvalue weighted by atomic mass is 35.5. The number of esters is 1. The lowest BCUT2D eigenvalue weighted by molar-refractivity contribution is -0.139. The van der Waals surface area contributed by atoms with Crippen molar-refractivity contribution in [2.45, 2.75) is 6.42 Å². The zero-order valence-corrected chi connectivity index (χ0v) is 16.8. The molecule has 0 aliphatic rings. The second-order valence-corrected chi connectivity index (χ2v) is 7.00. The summed E-state index contributed by atoms with van der Waals surface area (Å²) in [5, 5.41) is 17.8. The molecule has 9 nitrogen and oxygen atoms in total. The smallest absolute Gasteiger partial charge is 0.311 e. The minimum absolute atomic E-state index is 0.137. The standard InChI is InChI=1S/C20H13ClFN7O2/c1-31-16(30)10-15-17-19(28(26-15)12-6-4-5-11(22)9-12)29-20(25-24-17)23-18(27-29)13-7-2-3-8-14(13)21/h2-9H,10H2,1H3. The van der Waals surface area contributed by atoms with E-state index in [-0.39, 0.29) is 12.2 Å².